The van der Waals surface area contributed by atoms with Gasteiger partial charge in [0, 0.05) is 12.6 Å². The Kier molecular flexibility index (Phi) is 3.87. The lowest BCUT2D eigenvalue weighted by Gasteiger charge is -2.04. The Morgan fingerprint density at radius 1 is 1.10 bits per heavy atom. The monoisotopic (exact) mass is 281 g/mol. The first-order chi connectivity index (χ1) is 10.3. The van der Waals surface area contributed by atoms with E-state index >= 15 is 0 Å². The number of carbonyl (C=O) groups is 1. The van der Waals surface area contributed by atoms with Gasteiger partial charge in [-0.25, -0.2) is 0 Å². The van der Waals surface area contributed by atoms with Gasteiger partial charge in [0.15, 0.2) is 11.5 Å². The number of ether oxygens (including phenoxy) is 2. The molecule has 2 aromatic carbocycles. The summed E-state index contributed by atoms with van der Waals surface area (Å²) in [5.74, 6) is 1.34. The van der Waals surface area contributed by atoms with Crippen LogP contribution in [0.1, 0.15) is 11.1 Å². The van der Waals surface area contributed by atoms with Gasteiger partial charge in [0.25, 0.3) is 0 Å². The minimum Gasteiger partial charge on any atom is -0.454 e. The number of fused-ring (bicyclic) bond motifs is 1. The minimum atomic E-state index is -0.128. The van der Waals surface area contributed by atoms with Crippen molar-refractivity contribution < 1.29 is 14.3 Å². The molecule has 0 spiro atoms. The van der Waals surface area contributed by atoms with E-state index in [1.807, 2.05) is 48.5 Å². The average Bonchev–Trinajstić information content (AvgIpc) is 2.99. The molecule has 0 aliphatic carbocycles. The summed E-state index contributed by atoms with van der Waals surface area (Å²) in [6.07, 6.45) is 3.32. The standard InChI is InChI=1S/C17H15NO3/c19-17(9-7-13-4-2-1-3-5-13)18-11-14-6-8-15-16(10-14)21-12-20-15/h1-10H,11-12H2,(H,18,19)/b9-7+. The van der Waals surface area contributed by atoms with E-state index in [1.165, 1.54) is 6.08 Å². The van der Waals surface area contributed by atoms with Crippen LogP contribution in [-0.2, 0) is 11.3 Å². The molecule has 0 saturated heterocycles. The maximum atomic E-state index is 11.8. The predicted octanol–water partition coefficient (Wildman–Crippen LogP) is 2.74. The van der Waals surface area contributed by atoms with Crippen LogP contribution >= 0.6 is 0 Å². The van der Waals surface area contributed by atoms with Crippen molar-refractivity contribution in [1.29, 1.82) is 0 Å². The highest BCUT2D eigenvalue weighted by molar-refractivity contribution is 5.91. The lowest BCUT2D eigenvalue weighted by molar-refractivity contribution is -0.116. The number of nitrogens with one attached hydrogen (secondary N) is 1. The first-order valence-corrected chi connectivity index (χ1v) is 6.71. The second-order valence-electron chi connectivity index (χ2n) is 4.65. The first-order valence-electron chi connectivity index (χ1n) is 6.71. The van der Waals surface area contributed by atoms with Gasteiger partial charge in [-0.05, 0) is 29.3 Å². The molecule has 4 nitrogen and oxygen atoms in total. The third-order valence-corrected chi connectivity index (χ3v) is 3.13. The van der Waals surface area contributed by atoms with Gasteiger partial charge >= 0.3 is 0 Å². The van der Waals surface area contributed by atoms with Crippen LogP contribution in [0, 0.1) is 0 Å². The molecule has 0 atom stereocenters. The zero-order valence-corrected chi connectivity index (χ0v) is 11.4. The van der Waals surface area contributed by atoms with Crippen LogP contribution in [0.2, 0.25) is 0 Å². The van der Waals surface area contributed by atoms with Crippen molar-refractivity contribution in [1.82, 2.24) is 5.32 Å². The van der Waals surface area contributed by atoms with Crippen molar-refractivity contribution in [2.75, 3.05) is 6.79 Å². The van der Waals surface area contributed by atoms with Gasteiger partial charge < -0.3 is 14.8 Å². The van der Waals surface area contributed by atoms with Crippen molar-refractivity contribution in [2.45, 2.75) is 6.54 Å². The molecule has 0 saturated carbocycles. The SMILES string of the molecule is O=C(/C=C/c1ccccc1)NCc1ccc2c(c1)OCO2. The van der Waals surface area contributed by atoms with Gasteiger partial charge in [0.2, 0.25) is 12.7 Å². The molecule has 1 aliphatic heterocycles. The number of hydrogen-bond acceptors (Lipinski definition) is 3. The summed E-state index contributed by atoms with van der Waals surface area (Å²) < 4.78 is 10.5. The molecule has 4 heteroatoms. The highest BCUT2D eigenvalue weighted by atomic mass is 16.7. The quantitative estimate of drug-likeness (QED) is 0.877. The Morgan fingerprint density at radius 3 is 2.76 bits per heavy atom. The summed E-state index contributed by atoms with van der Waals surface area (Å²) in [6.45, 7) is 0.708. The second kappa shape index (κ2) is 6.13. The van der Waals surface area contributed by atoms with Gasteiger partial charge in [-0.3, -0.25) is 4.79 Å². The maximum absolute atomic E-state index is 11.8. The van der Waals surface area contributed by atoms with Crippen molar-refractivity contribution in [2.24, 2.45) is 0 Å². The molecule has 1 aliphatic rings. The van der Waals surface area contributed by atoms with Gasteiger partial charge in [-0.2, -0.15) is 0 Å². The molecule has 0 aromatic heterocycles. The number of carbonyl (C=O) groups excluding carboxylic acids is 1. The smallest absolute Gasteiger partial charge is 0.244 e. The van der Waals surface area contributed by atoms with E-state index in [0.29, 0.717) is 6.54 Å². The highest BCUT2D eigenvalue weighted by Crippen LogP contribution is 2.32. The molecule has 0 fully saturated rings. The van der Waals surface area contributed by atoms with E-state index in [1.54, 1.807) is 6.08 Å². The molecule has 1 heterocycles. The Morgan fingerprint density at radius 2 is 1.90 bits per heavy atom. The molecule has 1 N–H and O–H groups in total. The van der Waals surface area contributed by atoms with Crippen molar-refractivity contribution >= 4 is 12.0 Å². The van der Waals surface area contributed by atoms with E-state index in [-0.39, 0.29) is 12.7 Å². The maximum Gasteiger partial charge on any atom is 0.244 e. The van der Waals surface area contributed by atoms with Gasteiger partial charge in [0.1, 0.15) is 0 Å². The van der Waals surface area contributed by atoms with E-state index < -0.39 is 0 Å². The molecule has 21 heavy (non-hydrogen) atoms. The fourth-order valence-corrected chi connectivity index (χ4v) is 2.04. The fraction of sp³-hybridized carbons (Fsp3) is 0.118. The summed E-state index contributed by atoms with van der Waals surface area (Å²) in [7, 11) is 0. The van der Waals surface area contributed by atoms with Crippen LogP contribution in [-0.4, -0.2) is 12.7 Å². The molecule has 0 unspecified atom stereocenters. The molecule has 3 rings (SSSR count). The summed E-state index contributed by atoms with van der Waals surface area (Å²) in [4.78, 5) is 11.8. The Bertz CT molecular complexity index is 665. The van der Waals surface area contributed by atoms with Crippen LogP contribution in [0.15, 0.2) is 54.6 Å². The van der Waals surface area contributed by atoms with E-state index in [9.17, 15) is 4.79 Å². The van der Waals surface area contributed by atoms with Crippen molar-refractivity contribution in [3.05, 3.63) is 65.7 Å². The van der Waals surface area contributed by atoms with Gasteiger partial charge in [-0.15, -0.1) is 0 Å². The topological polar surface area (TPSA) is 47.6 Å². The zero-order chi connectivity index (χ0) is 14.5. The highest BCUT2D eigenvalue weighted by Gasteiger charge is 2.12. The third kappa shape index (κ3) is 3.42. The number of benzene rings is 2. The Labute approximate surface area is 123 Å². The van der Waals surface area contributed by atoms with Gasteiger partial charge in [-0.1, -0.05) is 36.4 Å². The lowest BCUT2D eigenvalue weighted by atomic mass is 10.2. The Hall–Kier alpha value is -2.75. The van der Waals surface area contributed by atoms with Gasteiger partial charge in [0.05, 0.1) is 0 Å². The van der Waals surface area contributed by atoms with Crippen LogP contribution in [0.3, 0.4) is 0 Å². The normalized spacial score (nSPS) is 12.6. The van der Waals surface area contributed by atoms with Crippen molar-refractivity contribution in [3.63, 3.8) is 0 Å². The molecule has 0 bridgehead atoms. The van der Waals surface area contributed by atoms with E-state index in [2.05, 4.69) is 5.32 Å². The first kappa shape index (κ1) is 13.2. The molecule has 0 radical (unpaired) electrons. The fourth-order valence-electron chi connectivity index (χ4n) is 2.04. The lowest BCUT2D eigenvalue weighted by Crippen LogP contribution is -2.20. The van der Waals surface area contributed by atoms with E-state index in [4.69, 9.17) is 9.47 Å². The molecule has 106 valence electrons. The average molecular weight is 281 g/mol. The molecular formula is C17H15NO3. The number of hydrogen-bond donors (Lipinski definition) is 1. The summed E-state index contributed by atoms with van der Waals surface area (Å²) in [6, 6.07) is 15.3. The summed E-state index contributed by atoms with van der Waals surface area (Å²) in [5.41, 5.74) is 1.97. The van der Waals surface area contributed by atoms with Crippen LogP contribution < -0.4 is 14.8 Å². The number of rotatable bonds is 4. The molecule has 2 aromatic rings. The van der Waals surface area contributed by atoms with Crippen LogP contribution in [0.25, 0.3) is 6.08 Å². The zero-order valence-electron chi connectivity index (χ0n) is 11.4. The summed E-state index contributed by atoms with van der Waals surface area (Å²) >= 11 is 0. The Balaban J connectivity index is 1.55. The summed E-state index contributed by atoms with van der Waals surface area (Å²) in [5, 5.41) is 2.84. The van der Waals surface area contributed by atoms with Crippen molar-refractivity contribution in [3.8, 4) is 11.5 Å². The third-order valence-electron chi connectivity index (χ3n) is 3.13. The number of amides is 1. The van der Waals surface area contributed by atoms with E-state index in [0.717, 1.165) is 22.6 Å². The molecular weight excluding hydrogens is 266 g/mol. The largest absolute Gasteiger partial charge is 0.454 e. The second-order valence-corrected chi connectivity index (χ2v) is 4.65. The minimum absolute atomic E-state index is 0.128. The molecule has 1 amide bonds. The predicted molar refractivity (Wildman–Crippen MR) is 79.9 cm³/mol. The van der Waals surface area contributed by atoms with Crippen LogP contribution in [0.4, 0.5) is 0 Å². The van der Waals surface area contributed by atoms with Crippen LogP contribution in [0.5, 0.6) is 11.5 Å².